The molecule has 20 heavy (non-hydrogen) atoms. The Labute approximate surface area is 128 Å². The van der Waals surface area contributed by atoms with Crippen molar-refractivity contribution in [2.45, 2.75) is 6.92 Å². The monoisotopic (exact) mass is 305 g/mol. The lowest BCUT2D eigenvalue weighted by atomic mass is 10.1. The highest BCUT2D eigenvalue weighted by molar-refractivity contribution is 6.36. The third-order valence-corrected chi connectivity index (χ3v) is 3.24. The average Bonchev–Trinajstić information content (AvgIpc) is 2.41. The molecule has 0 atom stereocenters. The zero-order chi connectivity index (χ0) is 14.5. The summed E-state index contributed by atoms with van der Waals surface area (Å²) < 4.78 is 0. The van der Waals surface area contributed by atoms with Crippen LogP contribution in [0.2, 0.25) is 10.0 Å². The predicted octanol–water partition coefficient (Wildman–Crippen LogP) is 4.95. The van der Waals surface area contributed by atoms with Gasteiger partial charge in [0.25, 0.3) is 0 Å². The van der Waals surface area contributed by atoms with Crippen LogP contribution in [0.4, 0.5) is 5.69 Å². The van der Waals surface area contributed by atoms with E-state index < -0.39 is 0 Å². The summed E-state index contributed by atoms with van der Waals surface area (Å²) in [5.41, 5.74) is 2.68. The molecule has 2 rings (SSSR count). The van der Waals surface area contributed by atoms with Gasteiger partial charge in [0.1, 0.15) is 0 Å². The second-order valence-electron chi connectivity index (χ2n) is 4.36. The summed E-state index contributed by atoms with van der Waals surface area (Å²) in [6, 6.07) is 12.8. The Morgan fingerprint density at radius 3 is 2.45 bits per heavy atom. The highest BCUT2D eigenvalue weighted by Gasteiger charge is 2.03. The molecule has 2 aromatic carbocycles. The van der Waals surface area contributed by atoms with Crippen molar-refractivity contribution >= 4 is 40.9 Å². The first-order valence-electron chi connectivity index (χ1n) is 6.05. The van der Waals surface area contributed by atoms with Crippen molar-refractivity contribution in [3.8, 4) is 0 Å². The van der Waals surface area contributed by atoms with Gasteiger partial charge in [0.15, 0.2) is 0 Å². The number of hydrogen-bond acceptors (Lipinski definition) is 1. The third-order valence-electron chi connectivity index (χ3n) is 2.69. The van der Waals surface area contributed by atoms with Gasteiger partial charge in [-0.1, -0.05) is 53.0 Å². The average molecular weight is 306 g/mol. The Morgan fingerprint density at radius 2 is 1.80 bits per heavy atom. The minimum absolute atomic E-state index is 0.241. The lowest BCUT2D eigenvalue weighted by Gasteiger charge is -2.04. The molecule has 0 fully saturated rings. The van der Waals surface area contributed by atoms with Gasteiger partial charge in [-0.05, 0) is 36.8 Å². The predicted molar refractivity (Wildman–Crippen MR) is 85.3 cm³/mol. The number of nitrogens with one attached hydrogen (secondary N) is 1. The van der Waals surface area contributed by atoms with Gasteiger partial charge in [0, 0.05) is 11.1 Å². The van der Waals surface area contributed by atoms with Gasteiger partial charge in [-0.25, -0.2) is 0 Å². The van der Waals surface area contributed by atoms with E-state index in [0.717, 1.165) is 5.56 Å². The van der Waals surface area contributed by atoms with Crippen molar-refractivity contribution in [3.05, 3.63) is 69.7 Å². The van der Waals surface area contributed by atoms with Gasteiger partial charge in [-0.2, -0.15) is 0 Å². The molecule has 0 aromatic heterocycles. The van der Waals surface area contributed by atoms with E-state index in [4.69, 9.17) is 23.2 Å². The first kappa shape index (κ1) is 14.6. The molecule has 0 spiro atoms. The number of carbonyl (C=O) groups excluding carboxylic acids is 1. The second kappa shape index (κ2) is 6.60. The molecule has 0 heterocycles. The Hall–Kier alpha value is -1.77. The number of hydrogen-bond donors (Lipinski definition) is 1. The Kier molecular flexibility index (Phi) is 4.83. The molecule has 0 saturated heterocycles. The van der Waals surface area contributed by atoms with Gasteiger partial charge in [0.2, 0.25) is 5.91 Å². The summed E-state index contributed by atoms with van der Waals surface area (Å²) in [5, 5.41) is 3.65. The van der Waals surface area contributed by atoms with Crippen LogP contribution in [0.15, 0.2) is 48.5 Å². The SMILES string of the molecule is Cc1ccc(/C=C/C(=O)Nc2ccc(Cl)cc2Cl)cc1. The number of rotatable bonds is 3. The highest BCUT2D eigenvalue weighted by Crippen LogP contribution is 2.25. The molecular formula is C16H13Cl2NO. The van der Waals surface area contributed by atoms with Crippen LogP contribution < -0.4 is 5.32 Å². The van der Waals surface area contributed by atoms with Gasteiger partial charge >= 0.3 is 0 Å². The Morgan fingerprint density at radius 1 is 1.10 bits per heavy atom. The quantitative estimate of drug-likeness (QED) is 0.798. The van der Waals surface area contributed by atoms with Crippen LogP contribution in [0.25, 0.3) is 6.08 Å². The summed E-state index contributed by atoms with van der Waals surface area (Å²) in [6.45, 7) is 2.02. The van der Waals surface area contributed by atoms with Gasteiger partial charge in [-0.3, -0.25) is 4.79 Å². The highest BCUT2D eigenvalue weighted by atomic mass is 35.5. The molecule has 0 bridgehead atoms. The fourth-order valence-corrected chi connectivity index (χ4v) is 2.07. The lowest BCUT2D eigenvalue weighted by molar-refractivity contribution is -0.111. The van der Waals surface area contributed by atoms with E-state index in [9.17, 15) is 4.79 Å². The minimum atomic E-state index is -0.241. The van der Waals surface area contributed by atoms with Crippen molar-refractivity contribution in [3.63, 3.8) is 0 Å². The van der Waals surface area contributed by atoms with E-state index in [2.05, 4.69) is 5.32 Å². The smallest absolute Gasteiger partial charge is 0.248 e. The van der Waals surface area contributed by atoms with Crippen molar-refractivity contribution in [2.24, 2.45) is 0 Å². The number of amides is 1. The summed E-state index contributed by atoms with van der Waals surface area (Å²) in [7, 11) is 0. The molecule has 0 unspecified atom stereocenters. The van der Waals surface area contributed by atoms with Crippen molar-refractivity contribution in [2.75, 3.05) is 5.32 Å². The molecule has 4 heteroatoms. The van der Waals surface area contributed by atoms with E-state index in [1.807, 2.05) is 31.2 Å². The van der Waals surface area contributed by atoms with Crippen LogP contribution in [0.1, 0.15) is 11.1 Å². The van der Waals surface area contributed by atoms with Crippen LogP contribution in [0.3, 0.4) is 0 Å². The molecule has 1 N–H and O–H groups in total. The number of aryl methyl sites for hydroxylation is 1. The minimum Gasteiger partial charge on any atom is -0.321 e. The van der Waals surface area contributed by atoms with Crippen LogP contribution >= 0.6 is 23.2 Å². The first-order chi connectivity index (χ1) is 9.54. The van der Waals surface area contributed by atoms with Gasteiger partial charge < -0.3 is 5.32 Å². The van der Waals surface area contributed by atoms with E-state index in [1.165, 1.54) is 11.6 Å². The maximum absolute atomic E-state index is 11.8. The summed E-state index contributed by atoms with van der Waals surface area (Å²) in [6.07, 6.45) is 3.22. The second-order valence-corrected chi connectivity index (χ2v) is 5.20. The van der Waals surface area contributed by atoms with Crippen molar-refractivity contribution < 1.29 is 4.79 Å². The molecule has 102 valence electrons. The molecule has 2 nitrogen and oxygen atoms in total. The maximum Gasteiger partial charge on any atom is 0.248 e. The summed E-state index contributed by atoms with van der Waals surface area (Å²) >= 11 is 11.8. The fourth-order valence-electron chi connectivity index (χ4n) is 1.61. The molecule has 0 radical (unpaired) electrons. The third kappa shape index (κ3) is 4.12. The first-order valence-corrected chi connectivity index (χ1v) is 6.81. The zero-order valence-electron chi connectivity index (χ0n) is 10.9. The molecular weight excluding hydrogens is 293 g/mol. The molecule has 0 saturated carbocycles. The zero-order valence-corrected chi connectivity index (χ0v) is 12.4. The molecule has 0 aliphatic carbocycles. The molecule has 0 aliphatic rings. The van der Waals surface area contributed by atoms with E-state index in [1.54, 1.807) is 24.3 Å². The van der Waals surface area contributed by atoms with E-state index >= 15 is 0 Å². The molecule has 0 aliphatic heterocycles. The fraction of sp³-hybridized carbons (Fsp3) is 0.0625. The van der Waals surface area contributed by atoms with Gasteiger partial charge in [-0.15, -0.1) is 0 Å². The van der Waals surface area contributed by atoms with Crippen LogP contribution in [0.5, 0.6) is 0 Å². The van der Waals surface area contributed by atoms with Gasteiger partial charge in [0.05, 0.1) is 10.7 Å². The molecule has 1 amide bonds. The number of anilines is 1. The van der Waals surface area contributed by atoms with Crippen molar-refractivity contribution in [1.82, 2.24) is 0 Å². The van der Waals surface area contributed by atoms with E-state index in [0.29, 0.717) is 15.7 Å². The normalized spacial score (nSPS) is 10.8. The Balaban J connectivity index is 2.03. The maximum atomic E-state index is 11.8. The van der Waals surface area contributed by atoms with Crippen LogP contribution in [0, 0.1) is 6.92 Å². The number of carbonyl (C=O) groups is 1. The summed E-state index contributed by atoms with van der Waals surface area (Å²) in [4.78, 5) is 11.8. The lowest BCUT2D eigenvalue weighted by Crippen LogP contribution is -2.08. The summed E-state index contributed by atoms with van der Waals surface area (Å²) in [5.74, 6) is -0.241. The van der Waals surface area contributed by atoms with Crippen LogP contribution in [-0.2, 0) is 4.79 Å². The van der Waals surface area contributed by atoms with Crippen LogP contribution in [-0.4, -0.2) is 5.91 Å². The molecule has 2 aromatic rings. The number of halogens is 2. The Bertz CT molecular complexity index is 648. The van der Waals surface area contributed by atoms with E-state index in [-0.39, 0.29) is 5.91 Å². The number of benzene rings is 2. The topological polar surface area (TPSA) is 29.1 Å². The standard InChI is InChI=1S/C16H13Cl2NO/c1-11-2-4-12(5-3-11)6-9-16(20)19-15-8-7-13(17)10-14(15)18/h2-10H,1H3,(H,19,20)/b9-6+. The largest absolute Gasteiger partial charge is 0.321 e. The van der Waals surface area contributed by atoms with Crippen molar-refractivity contribution in [1.29, 1.82) is 0 Å².